The van der Waals surface area contributed by atoms with Gasteiger partial charge in [0.15, 0.2) is 5.96 Å². The zero-order valence-electron chi connectivity index (χ0n) is 42.7. The summed E-state index contributed by atoms with van der Waals surface area (Å²) in [6.45, 7) is 0. The molecule has 0 atom stereocenters. The molecule has 0 amide bonds. The number of nitrogens with zero attached hydrogens (tertiary/aromatic N) is 2. The number of nitrogens with one attached hydrogen (secondary N) is 1. The summed E-state index contributed by atoms with van der Waals surface area (Å²) < 4.78 is 0. The van der Waals surface area contributed by atoms with Crippen LogP contribution < -0.4 is 30.6 Å². The molecule has 366 valence electrons. The Morgan fingerprint density at radius 2 is 0.413 bits per heavy atom. The molecule has 0 spiro atoms. The summed E-state index contributed by atoms with van der Waals surface area (Å²) in [5.41, 5.74) is 3.00. The molecule has 0 aliphatic heterocycles. The topological polar surface area (TPSA) is 169 Å². The van der Waals surface area contributed by atoms with E-state index >= 15 is 0 Å². The minimum Gasteiger partial charge on any atom is -0.872 e. The summed E-state index contributed by atoms with van der Waals surface area (Å²) >= 11 is 0. The summed E-state index contributed by atoms with van der Waals surface area (Å²) in [7, 11) is 7.40. The van der Waals surface area contributed by atoms with Gasteiger partial charge in [-0.25, -0.2) is 0 Å². The summed E-state index contributed by atoms with van der Waals surface area (Å²) in [5, 5.41) is 92.9. The van der Waals surface area contributed by atoms with Crippen molar-refractivity contribution in [2.45, 2.75) is 0 Å². The first-order valence-electron chi connectivity index (χ1n) is 23.9. The molecule has 1 N–H and O–H groups in total. The third-order valence-electron chi connectivity index (χ3n) is 12.9. The van der Waals surface area contributed by atoms with Gasteiger partial charge < -0.3 is 40.4 Å². The molecule has 0 saturated carbocycles. The molecule has 0 unspecified atom stereocenters. The third-order valence-corrected chi connectivity index (χ3v) is 12.9. The van der Waals surface area contributed by atoms with Gasteiger partial charge in [-0.05, 0) is 98.0 Å². The largest absolute Gasteiger partial charge is 3.00 e. The van der Waals surface area contributed by atoms with Crippen LogP contribution in [0.2, 0.25) is 0 Å². The number of fused-ring (bicyclic) bond motifs is 6. The van der Waals surface area contributed by atoms with Crippen molar-refractivity contribution >= 4 is 70.6 Å². The Morgan fingerprint density at radius 1 is 0.267 bits per heavy atom. The maximum absolute atomic E-state index is 12.5. The minimum atomic E-state index is -0.118. The van der Waals surface area contributed by atoms with E-state index in [0.717, 1.165) is 64.6 Å². The van der Waals surface area contributed by atoms with Crippen LogP contribution in [-0.2, 0) is 32.7 Å². The Bertz CT molecular complexity index is 3400. The molecule has 0 aliphatic rings. The van der Waals surface area contributed by atoms with Crippen LogP contribution in [0.25, 0.3) is 98.0 Å². The molecule has 12 rings (SSSR count). The standard InChI is InChI=1S/3C20H14O2.C5H13N3.Y/c3*21-17-11-9-13-5-1-3-7-15(13)19(17)20-16-8-4-2-6-14(16)10-12-18(20)22;1-7(2)5(6)8(3)4;/h3*1-12,21-22H;6H,1-4H3;/q;;;;+3/p-5. The van der Waals surface area contributed by atoms with Gasteiger partial charge >= 0.3 is 34.1 Å². The molecular formula is C65H50N3O6Y-2. The minimum absolute atomic E-state index is 0. The monoisotopic (exact) mass is 1060 g/mol. The van der Waals surface area contributed by atoms with E-state index in [1.807, 2.05) is 174 Å². The van der Waals surface area contributed by atoms with E-state index in [-0.39, 0.29) is 68.6 Å². The summed E-state index contributed by atoms with van der Waals surface area (Å²) in [5.74, 6) is -0.192. The van der Waals surface area contributed by atoms with E-state index in [4.69, 9.17) is 5.41 Å². The third kappa shape index (κ3) is 10.9. The normalized spacial score (nSPS) is 10.7. The molecule has 0 aliphatic carbocycles. The number of hydrogen-bond acceptors (Lipinski definition) is 7. The van der Waals surface area contributed by atoms with Crippen molar-refractivity contribution in [2.24, 2.45) is 0 Å². The van der Waals surface area contributed by atoms with Crippen LogP contribution in [0.1, 0.15) is 1.43 Å². The van der Waals surface area contributed by atoms with Gasteiger partial charge in [-0.1, -0.05) is 218 Å². The van der Waals surface area contributed by atoms with Gasteiger partial charge in [0.05, 0.1) is 0 Å². The van der Waals surface area contributed by atoms with Crippen LogP contribution >= 0.6 is 0 Å². The fourth-order valence-electron chi connectivity index (χ4n) is 9.46. The van der Waals surface area contributed by atoms with Crippen LogP contribution in [0.5, 0.6) is 34.5 Å². The number of hydrogen-bond donors (Lipinski definition) is 1. The first kappa shape index (κ1) is 52.7. The molecular weight excluding hydrogens is 1010 g/mol. The van der Waals surface area contributed by atoms with Crippen molar-refractivity contribution in [3.05, 3.63) is 218 Å². The number of rotatable bonds is 3. The zero-order valence-corrected chi connectivity index (χ0v) is 44.5. The predicted molar refractivity (Wildman–Crippen MR) is 294 cm³/mol. The maximum Gasteiger partial charge on any atom is 3.00 e. The summed E-state index contributed by atoms with van der Waals surface area (Å²) in [6, 6.07) is 66.1. The average Bonchev–Trinajstić information content (AvgIpc) is 3.42. The van der Waals surface area contributed by atoms with E-state index in [0.29, 0.717) is 39.3 Å². The first-order valence-corrected chi connectivity index (χ1v) is 23.9. The molecule has 0 heterocycles. The molecule has 10 heteroatoms. The van der Waals surface area contributed by atoms with E-state index < -0.39 is 0 Å². The van der Waals surface area contributed by atoms with E-state index in [1.54, 1.807) is 82.6 Å². The Kier molecular flexibility index (Phi) is 16.2. The Morgan fingerprint density at radius 3 is 0.547 bits per heavy atom. The van der Waals surface area contributed by atoms with Gasteiger partial charge in [-0.15, -0.1) is 34.5 Å². The van der Waals surface area contributed by atoms with E-state index in [1.165, 1.54) is 0 Å². The molecule has 9 nitrogen and oxygen atoms in total. The molecule has 0 saturated heterocycles. The maximum atomic E-state index is 12.5. The molecule has 12 aromatic carbocycles. The van der Waals surface area contributed by atoms with Gasteiger partial charge in [0.1, 0.15) is 0 Å². The molecule has 75 heavy (non-hydrogen) atoms. The van der Waals surface area contributed by atoms with Crippen molar-refractivity contribution in [1.82, 2.24) is 9.80 Å². The van der Waals surface area contributed by atoms with Gasteiger partial charge in [0.25, 0.3) is 0 Å². The van der Waals surface area contributed by atoms with Crippen molar-refractivity contribution < 1.29 is 64.8 Å². The fourth-order valence-corrected chi connectivity index (χ4v) is 9.46. The Labute approximate surface area is 461 Å². The number of benzene rings is 12. The van der Waals surface area contributed by atoms with Crippen LogP contribution in [0.15, 0.2) is 218 Å². The van der Waals surface area contributed by atoms with Crippen LogP contribution in [0.4, 0.5) is 0 Å². The second-order valence-electron chi connectivity index (χ2n) is 18.1. The van der Waals surface area contributed by atoms with Crippen molar-refractivity contribution in [3.8, 4) is 67.9 Å². The SMILES string of the molecule is CN(C)C(=N)N(C)C.[H+].[O-]c1ccc2ccccc2c1-c1c([O-])ccc2ccccc12.[O-]c1ccc2ccccc2c1-c1c([O-])ccc2ccccc12.[O-]c1ccc2ccccc2c1-c1c([O-])ccc2ccccc12.[Y+3]. The quantitative estimate of drug-likeness (QED) is 0.135. The van der Waals surface area contributed by atoms with Gasteiger partial charge in [-0.3, -0.25) is 5.41 Å². The van der Waals surface area contributed by atoms with Gasteiger partial charge in [-0.2, -0.15) is 0 Å². The van der Waals surface area contributed by atoms with Crippen molar-refractivity contribution in [1.29, 1.82) is 5.41 Å². The molecule has 0 radical (unpaired) electrons. The van der Waals surface area contributed by atoms with Crippen LogP contribution in [-0.4, -0.2) is 44.0 Å². The molecule has 0 bridgehead atoms. The predicted octanol–water partition coefficient (Wildman–Crippen LogP) is 11.6. The molecule has 0 aromatic heterocycles. The smallest absolute Gasteiger partial charge is 0.872 e. The first-order chi connectivity index (χ1) is 35.8. The second-order valence-corrected chi connectivity index (χ2v) is 18.1. The van der Waals surface area contributed by atoms with Crippen LogP contribution in [0.3, 0.4) is 0 Å². The van der Waals surface area contributed by atoms with Gasteiger partial charge in [0.2, 0.25) is 0 Å². The van der Waals surface area contributed by atoms with E-state index in [9.17, 15) is 30.6 Å². The molecule has 0 fully saturated rings. The Hall–Kier alpha value is -8.63. The van der Waals surface area contributed by atoms with Crippen LogP contribution in [0, 0.1) is 5.41 Å². The van der Waals surface area contributed by atoms with Gasteiger partial charge in [0, 0.05) is 28.2 Å². The summed E-state index contributed by atoms with van der Waals surface area (Å²) in [6.07, 6.45) is 0. The van der Waals surface area contributed by atoms with E-state index in [2.05, 4.69) is 0 Å². The second kappa shape index (κ2) is 23.1. The fraction of sp³-hybridized carbons (Fsp3) is 0.0615. The summed E-state index contributed by atoms with van der Waals surface area (Å²) in [4.78, 5) is 3.50. The zero-order chi connectivity index (χ0) is 52.0. The Balaban J connectivity index is 0.000000153. The number of guanidine groups is 1. The van der Waals surface area contributed by atoms with Crippen molar-refractivity contribution in [3.63, 3.8) is 0 Å². The average molecular weight is 1060 g/mol. The van der Waals surface area contributed by atoms with Crippen molar-refractivity contribution in [2.75, 3.05) is 28.2 Å². The molecule has 12 aromatic rings.